The number of carboxylic acid groups (broad SMARTS) is 1. The summed E-state index contributed by atoms with van der Waals surface area (Å²) in [6.07, 6.45) is 2.61. The van der Waals surface area contributed by atoms with Crippen molar-refractivity contribution in [3.8, 4) is 0 Å². The molecule has 0 aliphatic carbocycles. The van der Waals surface area contributed by atoms with Crippen molar-refractivity contribution in [3.63, 3.8) is 0 Å². The van der Waals surface area contributed by atoms with E-state index in [1.807, 2.05) is 34.0 Å². The maximum Gasteiger partial charge on any atom is 0.326 e. The van der Waals surface area contributed by atoms with Gasteiger partial charge >= 0.3 is 5.97 Å². The molecule has 0 aromatic rings. The first-order valence-corrected chi connectivity index (χ1v) is 9.57. The summed E-state index contributed by atoms with van der Waals surface area (Å²) < 4.78 is 0. The maximum atomic E-state index is 12.4. The molecule has 24 heavy (non-hydrogen) atoms. The van der Waals surface area contributed by atoms with Crippen LogP contribution < -0.4 is 16.4 Å². The molecular weight excluding hydrogens is 330 g/mol. The Morgan fingerprint density at radius 2 is 1.58 bits per heavy atom. The summed E-state index contributed by atoms with van der Waals surface area (Å²) in [7, 11) is 0. The molecule has 0 aromatic carbocycles. The SMILES string of the molecule is CSCC[C@H](NC(=O)[C@H](CC(C)C)NC(=O)[C@@H](N)C(C)C)C(=O)O. The van der Waals surface area contributed by atoms with E-state index in [4.69, 9.17) is 5.73 Å². The predicted molar refractivity (Wildman–Crippen MR) is 96.8 cm³/mol. The number of rotatable bonds is 11. The summed E-state index contributed by atoms with van der Waals surface area (Å²) in [5.74, 6) is -1.24. The fourth-order valence-corrected chi connectivity index (χ4v) is 2.51. The third-order valence-electron chi connectivity index (χ3n) is 3.59. The summed E-state index contributed by atoms with van der Waals surface area (Å²) in [5, 5.41) is 14.4. The van der Waals surface area contributed by atoms with Gasteiger partial charge in [0.1, 0.15) is 12.1 Å². The minimum atomic E-state index is -1.08. The smallest absolute Gasteiger partial charge is 0.326 e. The van der Waals surface area contributed by atoms with Gasteiger partial charge in [0.05, 0.1) is 6.04 Å². The molecule has 0 spiro atoms. The molecule has 140 valence electrons. The Kier molecular flexibility index (Phi) is 10.7. The van der Waals surface area contributed by atoms with Gasteiger partial charge in [-0.05, 0) is 36.7 Å². The number of carbonyl (C=O) groups is 3. The van der Waals surface area contributed by atoms with E-state index in [1.165, 1.54) is 11.8 Å². The number of amides is 2. The summed E-state index contributed by atoms with van der Waals surface area (Å²) in [6.45, 7) is 7.50. The standard InChI is InChI=1S/C16H31N3O4S/c1-9(2)8-12(19-15(21)13(17)10(3)4)14(20)18-11(16(22)23)6-7-24-5/h9-13H,6-8,17H2,1-5H3,(H,18,20)(H,19,21)(H,22,23)/t11-,12-,13-/m0/s1. The second-order valence-corrected chi connectivity index (χ2v) is 7.63. The van der Waals surface area contributed by atoms with Gasteiger partial charge in [0.15, 0.2) is 0 Å². The van der Waals surface area contributed by atoms with Gasteiger partial charge in [0, 0.05) is 0 Å². The van der Waals surface area contributed by atoms with E-state index >= 15 is 0 Å². The van der Waals surface area contributed by atoms with Crippen LogP contribution in [-0.4, -0.2) is 53.0 Å². The van der Waals surface area contributed by atoms with E-state index in [1.54, 1.807) is 0 Å². The molecule has 3 atom stereocenters. The van der Waals surface area contributed by atoms with E-state index in [0.29, 0.717) is 18.6 Å². The molecule has 0 saturated carbocycles. The van der Waals surface area contributed by atoms with Crippen molar-refractivity contribution in [1.82, 2.24) is 10.6 Å². The highest BCUT2D eigenvalue weighted by atomic mass is 32.2. The van der Waals surface area contributed by atoms with Gasteiger partial charge in [-0.2, -0.15) is 11.8 Å². The zero-order valence-corrected chi connectivity index (χ0v) is 16.0. The number of nitrogens with one attached hydrogen (secondary N) is 2. The van der Waals surface area contributed by atoms with E-state index in [9.17, 15) is 19.5 Å². The van der Waals surface area contributed by atoms with Gasteiger partial charge in [0.25, 0.3) is 0 Å². The lowest BCUT2D eigenvalue weighted by Crippen LogP contribution is -2.55. The van der Waals surface area contributed by atoms with Gasteiger partial charge in [0.2, 0.25) is 11.8 Å². The highest BCUT2D eigenvalue weighted by molar-refractivity contribution is 7.98. The minimum absolute atomic E-state index is 0.0545. The van der Waals surface area contributed by atoms with Gasteiger partial charge in [-0.3, -0.25) is 9.59 Å². The van der Waals surface area contributed by atoms with E-state index < -0.39 is 35.9 Å². The number of hydrogen-bond donors (Lipinski definition) is 4. The lowest BCUT2D eigenvalue weighted by molar-refractivity contribution is -0.142. The lowest BCUT2D eigenvalue weighted by atomic mass is 10.00. The molecule has 2 amide bonds. The molecule has 0 saturated heterocycles. The van der Waals surface area contributed by atoms with E-state index in [0.717, 1.165) is 0 Å². The minimum Gasteiger partial charge on any atom is -0.480 e. The van der Waals surface area contributed by atoms with Crippen molar-refractivity contribution in [3.05, 3.63) is 0 Å². The zero-order valence-electron chi connectivity index (χ0n) is 15.2. The average molecular weight is 362 g/mol. The Bertz CT molecular complexity index is 430. The molecule has 0 aliphatic rings. The molecule has 7 nitrogen and oxygen atoms in total. The molecule has 0 bridgehead atoms. The van der Waals surface area contributed by atoms with Crippen LogP contribution in [-0.2, 0) is 14.4 Å². The summed E-state index contributed by atoms with van der Waals surface area (Å²) in [6, 6.07) is -2.46. The van der Waals surface area contributed by atoms with Crippen LogP contribution in [0.4, 0.5) is 0 Å². The molecule has 0 fully saturated rings. The third-order valence-corrected chi connectivity index (χ3v) is 4.23. The van der Waals surface area contributed by atoms with Gasteiger partial charge < -0.3 is 21.5 Å². The molecule has 0 rings (SSSR count). The zero-order chi connectivity index (χ0) is 18.9. The Hall–Kier alpha value is -1.28. The van der Waals surface area contributed by atoms with Crippen LogP contribution >= 0.6 is 11.8 Å². The van der Waals surface area contributed by atoms with Crippen molar-refractivity contribution < 1.29 is 19.5 Å². The summed E-state index contributed by atoms with van der Waals surface area (Å²) >= 11 is 1.51. The molecule has 0 unspecified atom stereocenters. The number of aliphatic carboxylic acids is 1. The number of thioether (sulfide) groups is 1. The van der Waals surface area contributed by atoms with E-state index in [-0.39, 0.29) is 11.8 Å². The van der Waals surface area contributed by atoms with Crippen LogP contribution in [0, 0.1) is 11.8 Å². The van der Waals surface area contributed by atoms with Gasteiger partial charge in [-0.25, -0.2) is 4.79 Å². The number of nitrogens with two attached hydrogens (primary N) is 1. The second-order valence-electron chi connectivity index (χ2n) is 6.64. The largest absolute Gasteiger partial charge is 0.480 e. The Labute approximate surface area is 148 Å². The summed E-state index contributed by atoms with van der Waals surface area (Å²) in [5.41, 5.74) is 5.81. The fourth-order valence-electron chi connectivity index (χ4n) is 2.04. The average Bonchev–Trinajstić information content (AvgIpc) is 2.48. The highest BCUT2D eigenvalue weighted by Gasteiger charge is 2.28. The normalized spacial score (nSPS) is 15.0. The molecule has 0 heterocycles. The molecule has 0 radical (unpaired) electrons. The Morgan fingerprint density at radius 3 is 2.00 bits per heavy atom. The fraction of sp³-hybridized carbons (Fsp3) is 0.812. The molecule has 0 aliphatic heterocycles. The first-order valence-electron chi connectivity index (χ1n) is 8.18. The topological polar surface area (TPSA) is 122 Å². The Balaban J connectivity index is 4.98. The van der Waals surface area contributed by atoms with Gasteiger partial charge in [-0.1, -0.05) is 27.7 Å². The highest BCUT2D eigenvalue weighted by Crippen LogP contribution is 2.08. The number of carbonyl (C=O) groups excluding carboxylic acids is 2. The van der Waals surface area contributed by atoms with Crippen LogP contribution in [0.15, 0.2) is 0 Å². The first-order chi connectivity index (χ1) is 11.1. The van der Waals surface area contributed by atoms with Crippen molar-refractivity contribution in [2.45, 2.75) is 58.7 Å². The van der Waals surface area contributed by atoms with Gasteiger partial charge in [-0.15, -0.1) is 0 Å². The number of hydrogen-bond acceptors (Lipinski definition) is 5. The predicted octanol–water partition coefficient (Wildman–Crippen LogP) is 0.823. The van der Waals surface area contributed by atoms with Crippen molar-refractivity contribution >= 4 is 29.5 Å². The second kappa shape index (κ2) is 11.3. The number of carboxylic acids is 1. The molecule has 5 N–H and O–H groups in total. The van der Waals surface area contributed by atoms with E-state index in [2.05, 4.69) is 10.6 Å². The molecular formula is C16H31N3O4S. The maximum absolute atomic E-state index is 12.4. The van der Waals surface area contributed by atoms with Crippen molar-refractivity contribution in [2.24, 2.45) is 17.6 Å². The molecule has 0 aromatic heterocycles. The quantitative estimate of drug-likeness (QED) is 0.432. The van der Waals surface area contributed by atoms with Crippen LogP contribution in [0.2, 0.25) is 0 Å². The molecule has 8 heteroatoms. The third kappa shape index (κ3) is 8.54. The van der Waals surface area contributed by atoms with Crippen molar-refractivity contribution in [1.29, 1.82) is 0 Å². The Morgan fingerprint density at radius 1 is 1.04 bits per heavy atom. The first kappa shape index (κ1) is 22.7. The van der Waals surface area contributed by atoms with Crippen LogP contribution in [0.25, 0.3) is 0 Å². The monoisotopic (exact) mass is 361 g/mol. The van der Waals surface area contributed by atoms with Crippen molar-refractivity contribution in [2.75, 3.05) is 12.0 Å². The summed E-state index contributed by atoms with van der Waals surface area (Å²) in [4.78, 5) is 35.9. The lowest BCUT2D eigenvalue weighted by Gasteiger charge is -2.25. The van der Waals surface area contributed by atoms with Crippen LogP contribution in [0.5, 0.6) is 0 Å². The van der Waals surface area contributed by atoms with Crippen LogP contribution in [0.3, 0.4) is 0 Å². The van der Waals surface area contributed by atoms with Crippen LogP contribution in [0.1, 0.15) is 40.5 Å².